The number of nitrogens with zero attached hydrogens (tertiary/aromatic N) is 2. The van der Waals surface area contributed by atoms with Crippen molar-refractivity contribution < 1.29 is 14.6 Å². The highest BCUT2D eigenvalue weighted by molar-refractivity contribution is 6.32. The Balaban J connectivity index is 2.58. The fourth-order valence-electron chi connectivity index (χ4n) is 2.64. The van der Waals surface area contributed by atoms with E-state index < -0.39 is 0 Å². The number of aliphatic hydroxyl groups is 1. The van der Waals surface area contributed by atoms with Crippen LogP contribution < -0.4 is 4.74 Å². The Hall–Kier alpha value is -2.11. The summed E-state index contributed by atoms with van der Waals surface area (Å²) < 4.78 is 5.85. The van der Waals surface area contributed by atoms with Gasteiger partial charge in [0.15, 0.2) is 0 Å². The number of aromatic nitrogens is 1. The van der Waals surface area contributed by atoms with Crippen LogP contribution in [0.5, 0.6) is 5.75 Å². The topological polar surface area (TPSA) is 62.7 Å². The molecule has 0 saturated carbocycles. The van der Waals surface area contributed by atoms with Crippen LogP contribution in [-0.2, 0) is 6.42 Å². The van der Waals surface area contributed by atoms with Gasteiger partial charge in [-0.15, -0.1) is 0 Å². The van der Waals surface area contributed by atoms with Crippen molar-refractivity contribution in [1.82, 2.24) is 9.88 Å². The molecule has 1 heterocycles. The van der Waals surface area contributed by atoms with Crippen molar-refractivity contribution in [1.29, 1.82) is 0 Å². The van der Waals surface area contributed by atoms with Gasteiger partial charge in [-0.05, 0) is 43.5 Å². The maximum atomic E-state index is 12.0. The summed E-state index contributed by atoms with van der Waals surface area (Å²) in [6, 6.07) is 5.37. The maximum absolute atomic E-state index is 12.0. The number of hydrogen-bond donors (Lipinski definition) is 1. The zero-order valence-electron chi connectivity index (χ0n) is 15.0. The van der Waals surface area contributed by atoms with Crippen molar-refractivity contribution in [2.75, 3.05) is 27.3 Å². The standard InChI is InChI=1S/C19H23ClN2O3/c1-5-25-18-13(8-9-23)10-15(20)12(2)17(18)14-6-7-16(21-11-14)19(24)22(3)4/h6-7,10-11,23H,5,8-9H2,1-4H3. The molecule has 0 bridgehead atoms. The molecule has 0 fully saturated rings. The van der Waals surface area contributed by atoms with E-state index in [0.29, 0.717) is 29.5 Å². The van der Waals surface area contributed by atoms with Gasteiger partial charge in [0.2, 0.25) is 0 Å². The number of rotatable bonds is 6. The Morgan fingerprint density at radius 2 is 2.08 bits per heavy atom. The average molecular weight is 363 g/mol. The monoisotopic (exact) mass is 362 g/mol. The molecule has 1 amide bonds. The Morgan fingerprint density at radius 1 is 1.36 bits per heavy atom. The molecule has 2 rings (SSSR count). The number of benzene rings is 1. The molecule has 1 aromatic carbocycles. The molecule has 134 valence electrons. The molecule has 5 nitrogen and oxygen atoms in total. The lowest BCUT2D eigenvalue weighted by Gasteiger charge is -2.19. The molecule has 1 N–H and O–H groups in total. The molecule has 1 aromatic heterocycles. The summed E-state index contributed by atoms with van der Waals surface area (Å²) in [5.41, 5.74) is 3.76. The summed E-state index contributed by atoms with van der Waals surface area (Å²) in [4.78, 5) is 17.8. The van der Waals surface area contributed by atoms with Crippen molar-refractivity contribution >= 4 is 17.5 Å². The van der Waals surface area contributed by atoms with E-state index in [4.69, 9.17) is 16.3 Å². The van der Waals surface area contributed by atoms with Crippen LogP contribution in [0, 0.1) is 6.92 Å². The number of halogens is 1. The Labute approximate surface area is 153 Å². The molecule has 6 heteroatoms. The Kier molecular flexibility index (Phi) is 6.39. The summed E-state index contributed by atoms with van der Waals surface area (Å²) in [5.74, 6) is 0.548. The van der Waals surface area contributed by atoms with E-state index >= 15 is 0 Å². The van der Waals surface area contributed by atoms with Crippen LogP contribution in [-0.4, -0.2) is 48.2 Å². The van der Waals surface area contributed by atoms with E-state index in [-0.39, 0.29) is 12.5 Å². The molecule has 0 aliphatic rings. The van der Waals surface area contributed by atoms with Gasteiger partial charge in [0.05, 0.1) is 6.61 Å². The SMILES string of the molecule is CCOc1c(CCO)cc(Cl)c(C)c1-c1ccc(C(=O)N(C)C)nc1. The first-order chi connectivity index (χ1) is 11.9. The van der Waals surface area contributed by atoms with Crippen molar-refractivity contribution in [2.24, 2.45) is 0 Å². The lowest BCUT2D eigenvalue weighted by atomic mass is 9.96. The minimum Gasteiger partial charge on any atom is -0.493 e. The molecule has 25 heavy (non-hydrogen) atoms. The first-order valence-corrected chi connectivity index (χ1v) is 8.52. The predicted octanol–water partition coefficient (Wildman–Crippen LogP) is 3.35. The van der Waals surface area contributed by atoms with Crippen molar-refractivity contribution in [3.8, 4) is 16.9 Å². The van der Waals surface area contributed by atoms with Crippen molar-refractivity contribution in [3.63, 3.8) is 0 Å². The van der Waals surface area contributed by atoms with E-state index in [1.165, 1.54) is 4.90 Å². The smallest absolute Gasteiger partial charge is 0.271 e. The number of hydrogen-bond acceptors (Lipinski definition) is 4. The molecule has 0 unspecified atom stereocenters. The van der Waals surface area contributed by atoms with Crippen molar-refractivity contribution in [3.05, 3.63) is 46.2 Å². The lowest BCUT2D eigenvalue weighted by Crippen LogP contribution is -2.22. The third-order valence-electron chi connectivity index (χ3n) is 3.90. The summed E-state index contributed by atoms with van der Waals surface area (Å²) in [6.45, 7) is 4.33. The number of ether oxygens (including phenoxy) is 1. The van der Waals surface area contributed by atoms with Gasteiger partial charge in [-0.1, -0.05) is 17.7 Å². The number of carbonyl (C=O) groups is 1. The second-order valence-electron chi connectivity index (χ2n) is 5.88. The minimum atomic E-state index is -0.152. The quantitative estimate of drug-likeness (QED) is 0.856. The molecular formula is C19H23ClN2O3. The van der Waals surface area contributed by atoms with Crippen LogP contribution in [0.15, 0.2) is 24.4 Å². The molecule has 0 aliphatic heterocycles. The highest BCUT2D eigenvalue weighted by Crippen LogP contribution is 2.40. The lowest BCUT2D eigenvalue weighted by molar-refractivity contribution is 0.0822. The maximum Gasteiger partial charge on any atom is 0.271 e. The second-order valence-corrected chi connectivity index (χ2v) is 6.29. The minimum absolute atomic E-state index is 0.00737. The van der Waals surface area contributed by atoms with Crippen LogP contribution in [0.25, 0.3) is 11.1 Å². The predicted molar refractivity (Wildman–Crippen MR) is 99.4 cm³/mol. The number of carbonyl (C=O) groups excluding carboxylic acids is 1. The summed E-state index contributed by atoms with van der Waals surface area (Å²) in [6.07, 6.45) is 2.10. The molecule has 2 aromatic rings. The first kappa shape index (κ1) is 19.2. The number of amides is 1. The number of aliphatic hydroxyl groups excluding tert-OH is 1. The Bertz CT molecular complexity index is 758. The normalized spacial score (nSPS) is 10.6. The molecule has 0 atom stereocenters. The van der Waals surface area contributed by atoms with Crippen LogP contribution in [0.4, 0.5) is 0 Å². The van der Waals surface area contributed by atoms with E-state index in [1.807, 2.05) is 26.0 Å². The fraction of sp³-hybridized carbons (Fsp3) is 0.368. The molecule has 0 spiro atoms. The van der Waals surface area contributed by atoms with Gasteiger partial charge in [-0.25, -0.2) is 0 Å². The average Bonchev–Trinajstić information content (AvgIpc) is 2.59. The molecule has 0 radical (unpaired) electrons. The Morgan fingerprint density at radius 3 is 2.60 bits per heavy atom. The third-order valence-corrected chi connectivity index (χ3v) is 4.29. The molecule has 0 aliphatic carbocycles. The van der Waals surface area contributed by atoms with E-state index in [0.717, 1.165) is 22.3 Å². The van der Waals surface area contributed by atoms with Gasteiger partial charge in [0.1, 0.15) is 11.4 Å². The summed E-state index contributed by atoms with van der Waals surface area (Å²) in [7, 11) is 3.38. The first-order valence-electron chi connectivity index (χ1n) is 8.14. The zero-order chi connectivity index (χ0) is 18.6. The van der Waals surface area contributed by atoms with Crippen molar-refractivity contribution in [2.45, 2.75) is 20.3 Å². The summed E-state index contributed by atoms with van der Waals surface area (Å²) >= 11 is 6.38. The van der Waals surface area contributed by atoms with Gasteiger partial charge in [0, 0.05) is 43.0 Å². The van der Waals surface area contributed by atoms with Gasteiger partial charge in [-0.3, -0.25) is 9.78 Å². The van der Waals surface area contributed by atoms with E-state index in [2.05, 4.69) is 4.98 Å². The zero-order valence-corrected chi connectivity index (χ0v) is 15.7. The highest BCUT2D eigenvalue weighted by Gasteiger charge is 2.18. The van der Waals surface area contributed by atoms with Crippen LogP contribution >= 0.6 is 11.6 Å². The second kappa shape index (κ2) is 8.32. The molecule has 0 saturated heterocycles. The van der Waals surface area contributed by atoms with Gasteiger partial charge in [0.25, 0.3) is 5.91 Å². The summed E-state index contributed by atoms with van der Waals surface area (Å²) in [5, 5.41) is 9.94. The third kappa shape index (κ3) is 4.11. The number of pyridine rings is 1. The van der Waals surface area contributed by atoms with E-state index in [9.17, 15) is 9.90 Å². The molecular weight excluding hydrogens is 340 g/mol. The fourth-order valence-corrected chi connectivity index (χ4v) is 2.86. The highest BCUT2D eigenvalue weighted by atomic mass is 35.5. The van der Waals surface area contributed by atoms with Crippen LogP contribution in [0.1, 0.15) is 28.5 Å². The van der Waals surface area contributed by atoms with Crippen LogP contribution in [0.2, 0.25) is 5.02 Å². The van der Waals surface area contributed by atoms with Crippen LogP contribution in [0.3, 0.4) is 0 Å². The van der Waals surface area contributed by atoms with Gasteiger partial charge in [-0.2, -0.15) is 0 Å². The van der Waals surface area contributed by atoms with E-state index in [1.54, 1.807) is 26.4 Å². The largest absolute Gasteiger partial charge is 0.493 e. The van der Waals surface area contributed by atoms with Gasteiger partial charge < -0.3 is 14.7 Å². The van der Waals surface area contributed by atoms with Gasteiger partial charge >= 0.3 is 0 Å².